The number of aryl methyl sites for hydroxylation is 1. The lowest BCUT2D eigenvalue weighted by atomic mass is 9.81. The molecule has 1 amide bonds. The third kappa shape index (κ3) is 3.30. The Bertz CT molecular complexity index is 781. The number of rotatable bonds is 3. The monoisotopic (exact) mass is 370 g/mol. The Hall–Kier alpha value is -1.72. The molecule has 138 valence electrons. The summed E-state index contributed by atoms with van der Waals surface area (Å²) in [5.41, 5.74) is 2.27. The third-order valence-electron chi connectivity index (χ3n) is 5.90. The van der Waals surface area contributed by atoms with E-state index in [1.807, 2.05) is 7.05 Å². The summed E-state index contributed by atoms with van der Waals surface area (Å²) in [7, 11) is 1.88. The summed E-state index contributed by atoms with van der Waals surface area (Å²) in [4.78, 5) is 21.0. The van der Waals surface area contributed by atoms with Crippen molar-refractivity contribution >= 4 is 22.4 Å². The maximum absolute atomic E-state index is 13.1. The molecule has 0 unspecified atom stereocenters. The molecule has 4 nitrogen and oxygen atoms in total. The maximum Gasteiger partial charge on any atom is 0.234 e. The van der Waals surface area contributed by atoms with E-state index in [0.29, 0.717) is 19.1 Å². The lowest BCUT2D eigenvalue weighted by molar-refractivity contribution is -0.132. The standard InChI is InChI=1S/C21H26N2O2S/c1-21(10-12-25-13-11-21)19(24)23(2)20-22-17-9-8-16(14-18(17)26-20)15-6-4-3-5-7-15/h3-7,16H,8-14H2,1-2H3/t16-/m0/s1. The van der Waals surface area contributed by atoms with Gasteiger partial charge in [0.05, 0.1) is 11.1 Å². The zero-order valence-electron chi connectivity index (χ0n) is 15.5. The highest BCUT2D eigenvalue weighted by atomic mass is 32.1. The molecule has 4 rings (SSSR count). The van der Waals surface area contributed by atoms with Gasteiger partial charge in [-0.3, -0.25) is 9.69 Å². The van der Waals surface area contributed by atoms with E-state index in [1.54, 1.807) is 16.2 Å². The van der Waals surface area contributed by atoms with Crippen molar-refractivity contribution in [2.75, 3.05) is 25.2 Å². The van der Waals surface area contributed by atoms with Crippen LogP contribution in [0.1, 0.15) is 48.2 Å². The zero-order chi connectivity index (χ0) is 18.1. The molecule has 0 spiro atoms. The number of aromatic nitrogens is 1. The second kappa shape index (κ2) is 7.12. The number of anilines is 1. The Morgan fingerprint density at radius 2 is 2.00 bits per heavy atom. The van der Waals surface area contributed by atoms with Crippen LogP contribution in [0.25, 0.3) is 0 Å². The van der Waals surface area contributed by atoms with Crippen molar-refractivity contribution in [3.63, 3.8) is 0 Å². The van der Waals surface area contributed by atoms with Crippen molar-refractivity contribution in [2.45, 2.75) is 44.9 Å². The number of thiazole rings is 1. The Labute approximate surface area is 159 Å². The Morgan fingerprint density at radius 1 is 1.27 bits per heavy atom. The van der Waals surface area contributed by atoms with Crippen LogP contribution in [0, 0.1) is 5.41 Å². The molecule has 0 N–H and O–H groups in total. The van der Waals surface area contributed by atoms with Gasteiger partial charge in [-0.1, -0.05) is 37.3 Å². The topological polar surface area (TPSA) is 42.4 Å². The van der Waals surface area contributed by atoms with Gasteiger partial charge in [0.15, 0.2) is 5.13 Å². The minimum absolute atomic E-state index is 0.173. The van der Waals surface area contributed by atoms with Crippen molar-refractivity contribution in [1.82, 2.24) is 4.98 Å². The largest absolute Gasteiger partial charge is 0.381 e. The Morgan fingerprint density at radius 3 is 2.73 bits per heavy atom. The van der Waals surface area contributed by atoms with Crippen LogP contribution >= 0.6 is 11.3 Å². The van der Waals surface area contributed by atoms with Crippen molar-refractivity contribution in [3.05, 3.63) is 46.5 Å². The highest BCUT2D eigenvalue weighted by Gasteiger charge is 2.38. The molecule has 5 heteroatoms. The molecule has 0 bridgehead atoms. The summed E-state index contributed by atoms with van der Waals surface area (Å²) in [5, 5.41) is 0.849. The van der Waals surface area contributed by atoms with Crippen LogP contribution in [-0.2, 0) is 22.4 Å². The van der Waals surface area contributed by atoms with Crippen LogP contribution in [0.15, 0.2) is 30.3 Å². The fraction of sp³-hybridized carbons (Fsp3) is 0.524. The summed E-state index contributed by atoms with van der Waals surface area (Å²) in [6, 6.07) is 10.7. The van der Waals surface area contributed by atoms with Crippen LogP contribution in [0.2, 0.25) is 0 Å². The van der Waals surface area contributed by atoms with E-state index in [0.717, 1.165) is 37.2 Å². The molecule has 0 saturated carbocycles. The van der Waals surface area contributed by atoms with Crippen molar-refractivity contribution in [1.29, 1.82) is 0 Å². The lowest BCUT2D eigenvalue weighted by Crippen LogP contribution is -2.43. The van der Waals surface area contributed by atoms with E-state index in [-0.39, 0.29) is 11.3 Å². The first-order valence-electron chi connectivity index (χ1n) is 9.46. The van der Waals surface area contributed by atoms with Gasteiger partial charge in [-0.2, -0.15) is 0 Å². The normalized spacial score (nSPS) is 21.8. The first-order chi connectivity index (χ1) is 12.6. The van der Waals surface area contributed by atoms with Gasteiger partial charge < -0.3 is 4.74 Å². The average Bonchev–Trinajstić information content (AvgIpc) is 3.11. The minimum atomic E-state index is -0.328. The van der Waals surface area contributed by atoms with E-state index in [9.17, 15) is 4.79 Å². The molecule has 1 saturated heterocycles. The number of carbonyl (C=O) groups excluding carboxylic acids is 1. The second-order valence-electron chi connectivity index (χ2n) is 7.75. The van der Waals surface area contributed by atoms with Gasteiger partial charge >= 0.3 is 0 Å². The maximum atomic E-state index is 13.1. The van der Waals surface area contributed by atoms with Crippen LogP contribution < -0.4 is 4.90 Å². The predicted octanol–water partition coefficient (Wildman–Crippen LogP) is 4.20. The molecular weight excluding hydrogens is 344 g/mol. The SMILES string of the molecule is CN(C(=O)C1(C)CCOCC1)c1nc2c(s1)C[C@@H](c1ccccc1)CC2. The van der Waals surface area contributed by atoms with Gasteiger partial charge in [0.2, 0.25) is 5.91 Å². The van der Waals surface area contributed by atoms with Gasteiger partial charge in [-0.15, -0.1) is 11.3 Å². The number of fused-ring (bicyclic) bond motifs is 1. The van der Waals surface area contributed by atoms with E-state index in [2.05, 4.69) is 37.3 Å². The predicted molar refractivity (Wildman–Crippen MR) is 105 cm³/mol. The second-order valence-corrected chi connectivity index (χ2v) is 8.82. The third-order valence-corrected chi connectivity index (χ3v) is 7.10. The Kier molecular flexibility index (Phi) is 4.84. The lowest BCUT2D eigenvalue weighted by Gasteiger charge is -2.34. The van der Waals surface area contributed by atoms with Crippen molar-refractivity contribution in [3.8, 4) is 0 Å². The van der Waals surface area contributed by atoms with E-state index in [4.69, 9.17) is 9.72 Å². The number of ether oxygens (including phenoxy) is 1. The number of hydrogen-bond donors (Lipinski definition) is 0. The van der Waals surface area contributed by atoms with E-state index in [1.165, 1.54) is 16.1 Å². The number of benzene rings is 1. The minimum Gasteiger partial charge on any atom is -0.381 e. The summed E-state index contributed by atoms with van der Waals surface area (Å²) in [5.74, 6) is 0.734. The van der Waals surface area contributed by atoms with Crippen LogP contribution in [0.4, 0.5) is 5.13 Å². The summed E-state index contributed by atoms with van der Waals surface area (Å²) in [6.45, 7) is 3.40. The molecule has 2 aliphatic rings. The summed E-state index contributed by atoms with van der Waals surface area (Å²) < 4.78 is 5.44. The molecule has 26 heavy (non-hydrogen) atoms. The molecule has 1 atom stereocenters. The molecule has 1 aliphatic heterocycles. The zero-order valence-corrected chi connectivity index (χ0v) is 16.3. The molecule has 0 radical (unpaired) electrons. The number of hydrogen-bond acceptors (Lipinski definition) is 4. The molecular formula is C21H26N2O2S. The van der Waals surface area contributed by atoms with Gasteiger partial charge in [0.25, 0.3) is 0 Å². The molecule has 2 aromatic rings. The first kappa shape index (κ1) is 17.7. The van der Waals surface area contributed by atoms with Gasteiger partial charge in [0.1, 0.15) is 0 Å². The molecule has 1 aromatic carbocycles. The fourth-order valence-electron chi connectivity index (χ4n) is 4.04. The Balaban J connectivity index is 1.51. The number of carbonyl (C=O) groups is 1. The van der Waals surface area contributed by atoms with Gasteiger partial charge in [-0.25, -0.2) is 4.98 Å². The van der Waals surface area contributed by atoms with Gasteiger partial charge in [-0.05, 0) is 43.6 Å². The number of amides is 1. The molecule has 1 aromatic heterocycles. The average molecular weight is 371 g/mol. The molecule has 1 fully saturated rings. The van der Waals surface area contributed by atoms with Crippen LogP contribution in [-0.4, -0.2) is 31.2 Å². The van der Waals surface area contributed by atoms with E-state index < -0.39 is 0 Å². The quantitative estimate of drug-likeness (QED) is 0.813. The molecule has 2 heterocycles. The molecule has 1 aliphatic carbocycles. The summed E-state index contributed by atoms with van der Waals surface area (Å²) in [6.07, 6.45) is 4.74. The fourth-order valence-corrected chi connectivity index (χ4v) is 5.19. The number of nitrogens with zero attached hydrogens (tertiary/aromatic N) is 2. The summed E-state index contributed by atoms with van der Waals surface area (Å²) >= 11 is 1.70. The highest BCUT2D eigenvalue weighted by Crippen LogP contribution is 2.39. The van der Waals surface area contributed by atoms with Crippen molar-refractivity contribution in [2.24, 2.45) is 5.41 Å². The van der Waals surface area contributed by atoms with Crippen molar-refractivity contribution < 1.29 is 9.53 Å². The smallest absolute Gasteiger partial charge is 0.234 e. The van der Waals surface area contributed by atoms with Gasteiger partial charge in [0, 0.05) is 25.1 Å². The van der Waals surface area contributed by atoms with E-state index >= 15 is 0 Å². The van der Waals surface area contributed by atoms with Crippen LogP contribution in [0.5, 0.6) is 0 Å². The highest BCUT2D eigenvalue weighted by molar-refractivity contribution is 7.16. The van der Waals surface area contributed by atoms with Crippen LogP contribution in [0.3, 0.4) is 0 Å². The first-order valence-corrected chi connectivity index (χ1v) is 10.3.